The fourth-order valence-electron chi connectivity index (χ4n) is 1.06. The molecule has 0 bridgehead atoms. The molecule has 0 fully saturated rings. The monoisotopic (exact) mass is 193 g/mol. The summed E-state index contributed by atoms with van der Waals surface area (Å²) in [6.45, 7) is 3.56. The molecule has 3 N–H and O–H groups in total. The molecule has 4 heteroatoms. The molecule has 0 spiro atoms. The Morgan fingerprint density at radius 1 is 1.57 bits per heavy atom. The third-order valence-electron chi connectivity index (χ3n) is 1.96. The summed E-state index contributed by atoms with van der Waals surface area (Å²) in [5.41, 5.74) is 6.41. The van der Waals surface area contributed by atoms with Crippen LogP contribution in [-0.2, 0) is 4.79 Å². The lowest BCUT2D eigenvalue weighted by atomic mass is 10.1. The Bertz CT molecular complexity index is 297. The minimum Gasteiger partial charge on any atom is -0.348 e. The van der Waals surface area contributed by atoms with Crippen LogP contribution in [0.15, 0.2) is 24.5 Å². The van der Waals surface area contributed by atoms with E-state index in [1.807, 2.05) is 19.1 Å². The van der Waals surface area contributed by atoms with Crippen LogP contribution in [0.4, 0.5) is 0 Å². The lowest BCUT2D eigenvalue weighted by Crippen LogP contribution is -2.39. The molecule has 1 aromatic heterocycles. The van der Waals surface area contributed by atoms with E-state index in [0.717, 1.165) is 5.56 Å². The van der Waals surface area contributed by atoms with Crippen molar-refractivity contribution < 1.29 is 4.79 Å². The number of amides is 1. The summed E-state index contributed by atoms with van der Waals surface area (Å²) in [6.07, 6.45) is 3.43. The highest BCUT2D eigenvalue weighted by molar-refractivity contribution is 5.81. The number of hydrogen-bond acceptors (Lipinski definition) is 3. The number of nitrogens with zero attached hydrogens (tertiary/aromatic N) is 1. The maximum absolute atomic E-state index is 11.3. The van der Waals surface area contributed by atoms with Crippen molar-refractivity contribution in [2.45, 2.75) is 25.9 Å². The Labute approximate surface area is 83.5 Å². The first-order valence-electron chi connectivity index (χ1n) is 4.57. The summed E-state index contributed by atoms with van der Waals surface area (Å²) < 4.78 is 0. The zero-order valence-corrected chi connectivity index (χ0v) is 8.40. The Kier molecular flexibility index (Phi) is 3.59. The summed E-state index contributed by atoms with van der Waals surface area (Å²) >= 11 is 0. The van der Waals surface area contributed by atoms with Gasteiger partial charge in [-0.3, -0.25) is 9.78 Å². The van der Waals surface area contributed by atoms with Crippen LogP contribution in [0, 0.1) is 0 Å². The lowest BCUT2D eigenvalue weighted by Gasteiger charge is -2.15. The molecule has 76 valence electrons. The van der Waals surface area contributed by atoms with Crippen molar-refractivity contribution in [3.05, 3.63) is 30.1 Å². The summed E-state index contributed by atoms with van der Waals surface area (Å²) in [5, 5.41) is 2.79. The van der Waals surface area contributed by atoms with Crippen LogP contribution in [0.5, 0.6) is 0 Å². The van der Waals surface area contributed by atoms with Crippen molar-refractivity contribution in [2.75, 3.05) is 0 Å². The molecular formula is C10H15N3O. The van der Waals surface area contributed by atoms with E-state index in [4.69, 9.17) is 5.73 Å². The van der Waals surface area contributed by atoms with Gasteiger partial charge in [0.1, 0.15) is 0 Å². The van der Waals surface area contributed by atoms with Gasteiger partial charge in [-0.2, -0.15) is 0 Å². The highest BCUT2D eigenvalue weighted by Gasteiger charge is 2.11. The average molecular weight is 193 g/mol. The van der Waals surface area contributed by atoms with Gasteiger partial charge < -0.3 is 11.1 Å². The van der Waals surface area contributed by atoms with E-state index in [9.17, 15) is 4.79 Å². The van der Waals surface area contributed by atoms with Gasteiger partial charge in [-0.05, 0) is 25.5 Å². The number of carbonyl (C=O) groups is 1. The van der Waals surface area contributed by atoms with E-state index in [-0.39, 0.29) is 11.9 Å². The summed E-state index contributed by atoms with van der Waals surface area (Å²) in [4.78, 5) is 15.2. The number of pyridine rings is 1. The van der Waals surface area contributed by atoms with E-state index in [2.05, 4.69) is 10.3 Å². The largest absolute Gasteiger partial charge is 0.348 e. The highest BCUT2D eigenvalue weighted by Crippen LogP contribution is 2.09. The van der Waals surface area contributed by atoms with Gasteiger partial charge in [-0.25, -0.2) is 0 Å². The first-order valence-corrected chi connectivity index (χ1v) is 4.57. The topological polar surface area (TPSA) is 68.0 Å². The van der Waals surface area contributed by atoms with Gasteiger partial charge >= 0.3 is 0 Å². The number of nitrogens with one attached hydrogen (secondary N) is 1. The maximum Gasteiger partial charge on any atom is 0.237 e. The highest BCUT2D eigenvalue weighted by atomic mass is 16.2. The second-order valence-corrected chi connectivity index (χ2v) is 3.31. The van der Waals surface area contributed by atoms with Gasteiger partial charge in [0.25, 0.3) is 0 Å². The zero-order valence-electron chi connectivity index (χ0n) is 8.40. The van der Waals surface area contributed by atoms with Crippen molar-refractivity contribution in [3.63, 3.8) is 0 Å². The molecule has 0 aliphatic rings. The van der Waals surface area contributed by atoms with Gasteiger partial charge in [0.05, 0.1) is 12.1 Å². The predicted octanol–water partition coefficient (Wildman–Crippen LogP) is 0.606. The molecule has 0 unspecified atom stereocenters. The molecule has 1 heterocycles. The van der Waals surface area contributed by atoms with Gasteiger partial charge in [-0.1, -0.05) is 6.07 Å². The Hall–Kier alpha value is -1.42. The second kappa shape index (κ2) is 4.72. The van der Waals surface area contributed by atoms with Crippen molar-refractivity contribution in [1.82, 2.24) is 10.3 Å². The van der Waals surface area contributed by atoms with E-state index in [1.54, 1.807) is 19.3 Å². The maximum atomic E-state index is 11.3. The molecule has 14 heavy (non-hydrogen) atoms. The minimum atomic E-state index is -0.478. The standard InChI is InChI=1S/C10H15N3O/c1-7(11)10(14)13-8(2)9-4-3-5-12-6-9/h3-8H,11H2,1-2H3,(H,13,14)/t7-,8+/m1/s1. The Balaban J connectivity index is 2.59. The number of hydrogen-bond donors (Lipinski definition) is 2. The second-order valence-electron chi connectivity index (χ2n) is 3.31. The van der Waals surface area contributed by atoms with Gasteiger partial charge in [0.15, 0.2) is 0 Å². The molecule has 0 saturated carbocycles. The lowest BCUT2D eigenvalue weighted by molar-refractivity contribution is -0.122. The first-order chi connectivity index (χ1) is 6.61. The Morgan fingerprint density at radius 2 is 2.29 bits per heavy atom. The zero-order chi connectivity index (χ0) is 10.6. The van der Waals surface area contributed by atoms with Crippen LogP contribution in [-0.4, -0.2) is 16.9 Å². The van der Waals surface area contributed by atoms with Crippen molar-refractivity contribution in [1.29, 1.82) is 0 Å². The van der Waals surface area contributed by atoms with Crippen LogP contribution < -0.4 is 11.1 Å². The fraction of sp³-hybridized carbons (Fsp3) is 0.400. The van der Waals surface area contributed by atoms with E-state index in [1.165, 1.54) is 0 Å². The fourth-order valence-corrected chi connectivity index (χ4v) is 1.06. The first kappa shape index (κ1) is 10.7. The van der Waals surface area contributed by atoms with Crippen LogP contribution in [0.2, 0.25) is 0 Å². The molecule has 0 saturated heterocycles. The molecular weight excluding hydrogens is 178 g/mol. The molecule has 1 amide bonds. The van der Waals surface area contributed by atoms with Crippen LogP contribution in [0.3, 0.4) is 0 Å². The third kappa shape index (κ3) is 2.81. The molecule has 0 aliphatic heterocycles. The van der Waals surface area contributed by atoms with E-state index in [0.29, 0.717) is 0 Å². The van der Waals surface area contributed by atoms with Crippen LogP contribution in [0.25, 0.3) is 0 Å². The molecule has 1 aromatic rings. The number of aromatic nitrogens is 1. The van der Waals surface area contributed by atoms with Gasteiger partial charge in [0.2, 0.25) is 5.91 Å². The summed E-state index contributed by atoms with van der Waals surface area (Å²) in [7, 11) is 0. The van der Waals surface area contributed by atoms with Crippen LogP contribution in [0.1, 0.15) is 25.5 Å². The average Bonchev–Trinajstić information content (AvgIpc) is 2.19. The number of carbonyl (C=O) groups excluding carboxylic acids is 1. The summed E-state index contributed by atoms with van der Waals surface area (Å²) in [5.74, 6) is -0.152. The number of rotatable bonds is 3. The van der Waals surface area contributed by atoms with Gasteiger partial charge in [0, 0.05) is 12.4 Å². The SMILES string of the molecule is C[C@H](NC(=O)[C@@H](C)N)c1cccnc1. The van der Waals surface area contributed by atoms with E-state index < -0.39 is 6.04 Å². The molecule has 0 aliphatic carbocycles. The van der Waals surface area contributed by atoms with E-state index >= 15 is 0 Å². The minimum absolute atomic E-state index is 0.0535. The third-order valence-corrected chi connectivity index (χ3v) is 1.96. The van der Waals surface area contributed by atoms with Crippen molar-refractivity contribution in [2.24, 2.45) is 5.73 Å². The van der Waals surface area contributed by atoms with Crippen LogP contribution >= 0.6 is 0 Å². The molecule has 2 atom stereocenters. The normalized spacial score (nSPS) is 14.5. The molecule has 1 rings (SSSR count). The predicted molar refractivity (Wildman–Crippen MR) is 54.4 cm³/mol. The quantitative estimate of drug-likeness (QED) is 0.739. The van der Waals surface area contributed by atoms with Gasteiger partial charge in [-0.15, -0.1) is 0 Å². The summed E-state index contributed by atoms with van der Waals surface area (Å²) in [6, 6.07) is 3.22. The molecule has 0 radical (unpaired) electrons. The van der Waals surface area contributed by atoms with Crippen molar-refractivity contribution >= 4 is 5.91 Å². The Morgan fingerprint density at radius 3 is 2.79 bits per heavy atom. The molecule has 0 aromatic carbocycles. The molecule has 4 nitrogen and oxygen atoms in total. The number of nitrogens with two attached hydrogens (primary N) is 1. The smallest absolute Gasteiger partial charge is 0.237 e. The van der Waals surface area contributed by atoms with Crippen molar-refractivity contribution in [3.8, 4) is 0 Å².